The molecule has 0 bridgehead atoms. The Hall–Kier alpha value is -8.72. The molecule has 0 amide bonds. The summed E-state index contributed by atoms with van der Waals surface area (Å²) in [6, 6.07) is 96.7. The summed E-state index contributed by atoms with van der Waals surface area (Å²) in [7, 11) is 0. The number of hydrogen-bond donors (Lipinski definition) is 0. The Bertz CT molecular complexity index is 3900. The third-order valence-electron chi connectivity index (χ3n) is 14.9. The van der Waals surface area contributed by atoms with Crippen molar-refractivity contribution < 1.29 is 0 Å². The minimum absolute atomic E-state index is 0.161. The van der Waals surface area contributed by atoms with E-state index in [0.29, 0.717) is 0 Å². The van der Waals surface area contributed by atoms with Crippen LogP contribution < -0.4 is 4.90 Å². The lowest BCUT2D eigenvalue weighted by molar-refractivity contribution is 0.423. The minimum Gasteiger partial charge on any atom is -0.335 e. The number of aromatic nitrogens is 1. The first-order chi connectivity index (χ1) is 34.9. The Morgan fingerprint density at radius 1 is 0.338 bits per heavy atom. The highest BCUT2D eigenvalue weighted by molar-refractivity contribution is 6.10. The number of nitrogens with zero attached hydrogens (tertiary/aromatic N) is 2. The van der Waals surface area contributed by atoms with Crippen molar-refractivity contribution in [2.75, 3.05) is 4.90 Å². The predicted molar refractivity (Wildman–Crippen MR) is 300 cm³/mol. The zero-order valence-electron chi connectivity index (χ0n) is 40.2. The van der Waals surface area contributed by atoms with Gasteiger partial charge in [-0.2, -0.15) is 0 Å². The molecule has 0 unspecified atom stereocenters. The molecule has 0 aliphatic heterocycles. The normalized spacial score (nSPS) is 12.8. The molecule has 71 heavy (non-hydrogen) atoms. The van der Waals surface area contributed by atoms with Gasteiger partial charge in [-0.15, -0.1) is 0 Å². The highest BCUT2D eigenvalue weighted by Gasteiger charge is 2.47. The van der Waals surface area contributed by atoms with E-state index in [9.17, 15) is 0 Å². The van der Waals surface area contributed by atoms with Gasteiger partial charge in [0.25, 0.3) is 0 Å². The Labute approximate surface area is 416 Å². The Morgan fingerprint density at radius 3 is 1.56 bits per heavy atom. The van der Waals surface area contributed by atoms with Crippen LogP contribution in [0.3, 0.4) is 0 Å². The molecule has 0 spiro atoms. The van der Waals surface area contributed by atoms with E-state index in [1.807, 2.05) is 0 Å². The molecule has 2 heteroatoms. The average molecular weight is 909 g/mol. The first kappa shape index (κ1) is 42.4. The second-order valence-corrected chi connectivity index (χ2v) is 20.0. The molecule has 1 aliphatic carbocycles. The monoisotopic (exact) mass is 908 g/mol. The fourth-order valence-corrected chi connectivity index (χ4v) is 12.0. The van der Waals surface area contributed by atoms with Crippen molar-refractivity contribution in [2.45, 2.75) is 31.7 Å². The molecule has 0 saturated heterocycles. The first-order valence-corrected chi connectivity index (χ1v) is 24.8. The third kappa shape index (κ3) is 6.78. The fraction of sp³-hybridized carbons (Fsp3) is 0.0725. The number of benzene rings is 11. The van der Waals surface area contributed by atoms with Crippen molar-refractivity contribution in [2.24, 2.45) is 0 Å². The zero-order chi connectivity index (χ0) is 47.7. The lowest BCUT2D eigenvalue weighted by Gasteiger charge is -2.34. The summed E-state index contributed by atoms with van der Waals surface area (Å²) in [5, 5.41) is 5.01. The summed E-state index contributed by atoms with van der Waals surface area (Å²) in [6.07, 6.45) is 0. The largest absolute Gasteiger partial charge is 0.335 e. The van der Waals surface area contributed by atoms with E-state index in [4.69, 9.17) is 0 Å². The molecule has 0 radical (unpaired) electrons. The standard InChI is InChI=1S/C69H52N2/c1-68(2,3)71-64-34-19-18-31-59(64)60-43-40-55(46-65(60)71)70(53-38-35-49(36-39-53)58-42-37-48-23-16-17-30-56(48)66(58)50-24-10-5-11-25-50)54-41-44-62-61(45-54)67-57(47-21-8-4-9-22-47)32-20-33-63(67)69(62,51-26-12-6-13-27-51)52-28-14-7-15-29-52/h4-46H,1-3H3. The lowest BCUT2D eigenvalue weighted by atomic mass is 9.67. The highest BCUT2D eigenvalue weighted by Crippen LogP contribution is 2.59. The molecule has 0 N–H and O–H groups in total. The van der Waals surface area contributed by atoms with Crippen molar-refractivity contribution in [1.82, 2.24) is 4.57 Å². The first-order valence-electron chi connectivity index (χ1n) is 24.8. The SMILES string of the molecule is CC(C)(C)n1c2ccccc2c2ccc(N(c3ccc(-c4ccc5ccccc5c4-c4ccccc4)cc3)c3ccc4c(c3)-c3c(-c5ccccc5)cccc3C4(c3ccccc3)c3ccccc3)cc21. The quantitative estimate of drug-likeness (QED) is 0.147. The van der Waals surface area contributed by atoms with Crippen LogP contribution in [0.4, 0.5) is 17.1 Å². The van der Waals surface area contributed by atoms with Gasteiger partial charge >= 0.3 is 0 Å². The van der Waals surface area contributed by atoms with E-state index in [-0.39, 0.29) is 5.54 Å². The van der Waals surface area contributed by atoms with Crippen molar-refractivity contribution in [3.63, 3.8) is 0 Å². The maximum absolute atomic E-state index is 2.52. The van der Waals surface area contributed by atoms with E-state index >= 15 is 0 Å². The summed E-state index contributed by atoms with van der Waals surface area (Å²) in [5.74, 6) is 0. The van der Waals surface area contributed by atoms with Gasteiger partial charge in [-0.1, -0.05) is 218 Å². The number of hydrogen-bond acceptors (Lipinski definition) is 1. The van der Waals surface area contributed by atoms with Crippen molar-refractivity contribution in [3.8, 4) is 44.5 Å². The molecule has 12 aromatic rings. The number of para-hydroxylation sites is 1. The van der Waals surface area contributed by atoms with Gasteiger partial charge in [0.1, 0.15) is 0 Å². The van der Waals surface area contributed by atoms with Gasteiger partial charge in [-0.05, 0) is 141 Å². The van der Waals surface area contributed by atoms with Crippen LogP contribution in [-0.2, 0) is 11.0 Å². The molecule has 0 fully saturated rings. The van der Waals surface area contributed by atoms with E-state index in [1.54, 1.807) is 0 Å². The summed E-state index contributed by atoms with van der Waals surface area (Å²) in [5.41, 5.74) is 19.9. The maximum Gasteiger partial charge on any atom is 0.0713 e. The molecule has 13 rings (SSSR count). The summed E-state index contributed by atoms with van der Waals surface area (Å²) in [4.78, 5) is 2.47. The van der Waals surface area contributed by atoms with Gasteiger partial charge in [-0.25, -0.2) is 0 Å². The van der Waals surface area contributed by atoms with E-state index in [2.05, 4.69) is 291 Å². The fourth-order valence-electron chi connectivity index (χ4n) is 12.0. The Kier molecular flexibility index (Phi) is 10.0. The molecule has 11 aromatic carbocycles. The van der Waals surface area contributed by atoms with Gasteiger partial charge in [0.2, 0.25) is 0 Å². The number of anilines is 3. The van der Waals surface area contributed by atoms with Crippen LogP contribution in [0.25, 0.3) is 77.1 Å². The molecule has 0 saturated carbocycles. The van der Waals surface area contributed by atoms with Crippen molar-refractivity contribution >= 4 is 49.6 Å². The second-order valence-electron chi connectivity index (χ2n) is 20.0. The number of rotatable bonds is 8. The molecule has 1 heterocycles. The van der Waals surface area contributed by atoms with Crippen molar-refractivity contribution in [3.05, 3.63) is 283 Å². The third-order valence-corrected chi connectivity index (χ3v) is 14.9. The van der Waals surface area contributed by atoms with Crippen molar-refractivity contribution in [1.29, 1.82) is 0 Å². The molecule has 1 aliphatic rings. The summed E-state index contributed by atoms with van der Waals surface area (Å²) in [6.45, 7) is 6.94. The van der Waals surface area contributed by atoms with Gasteiger partial charge in [0.05, 0.1) is 10.9 Å². The lowest BCUT2D eigenvalue weighted by Crippen LogP contribution is -2.28. The molecular formula is C69H52N2. The second kappa shape index (κ2) is 16.8. The maximum atomic E-state index is 2.52. The van der Waals surface area contributed by atoms with Crippen LogP contribution >= 0.6 is 0 Å². The smallest absolute Gasteiger partial charge is 0.0713 e. The van der Waals surface area contributed by atoms with Crippen LogP contribution in [0.15, 0.2) is 261 Å². The van der Waals surface area contributed by atoms with E-state index in [0.717, 1.165) is 17.1 Å². The minimum atomic E-state index is -0.550. The Balaban J connectivity index is 1.07. The highest BCUT2D eigenvalue weighted by atomic mass is 15.1. The van der Waals surface area contributed by atoms with Crippen LogP contribution in [0.2, 0.25) is 0 Å². The van der Waals surface area contributed by atoms with E-state index < -0.39 is 5.41 Å². The van der Waals surface area contributed by atoms with Crippen LogP contribution in [0, 0.1) is 0 Å². The summed E-state index contributed by atoms with van der Waals surface area (Å²) < 4.78 is 2.52. The van der Waals surface area contributed by atoms with Gasteiger partial charge in [0, 0.05) is 38.9 Å². The Morgan fingerprint density at radius 2 is 0.873 bits per heavy atom. The molecule has 0 atom stereocenters. The molecular weight excluding hydrogens is 857 g/mol. The van der Waals surface area contributed by atoms with Gasteiger partial charge < -0.3 is 9.47 Å². The summed E-state index contributed by atoms with van der Waals surface area (Å²) >= 11 is 0. The van der Waals surface area contributed by atoms with E-state index in [1.165, 1.54) is 99.3 Å². The molecule has 1 aromatic heterocycles. The van der Waals surface area contributed by atoms with Crippen LogP contribution in [0.1, 0.15) is 43.0 Å². The molecule has 2 nitrogen and oxygen atoms in total. The van der Waals surface area contributed by atoms with Crippen LogP contribution in [-0.4, -0.2) is 4.57 Å². The van der Waals surface area contributed by atoms with Gasteiger partial charge in [-0.3, -0.25) is 0 Å². The average Bonchev–Trinajstić information content (AvgIpc) is 3.93. The molecule has 338 valence electrons. The number of fused-ring (bicyclic) bond motifs is 7. The van der Waals surface area contributed by atoms with Gasteiger partial charge in [0.15, 0.2) is 0 Å². The zero-order valence-corrected chi connectivity index (χ0v) is 40.2. The topological polar surface area (TPSA) is 8.17 Å². The predicted octanol–water partition coefficient (Wildman–Crippen LogP) is 18.5. The van der Waals surface area contributed by atoms with Crippen LogP contribution in [0.5, 0.6) is 0 Å².